The molecule has 1 aliphatic heterocycles. The molecule has 28 heavy (non-hydrogen) atoms. The number of carbonyl (C=O) groups is 2. The first-order valence-corrected chi connectivity index (χ1v) is 9.31. The van der Waals surface area contributed by atoms with Crippen LogP contribution in [0.15, 0.2) is 54.6 Å². The Kier molecular flexibility index (Phi) is 5.08. The lowest BCUT2D eigenvalue weighted by molar-refractivity contribution is -0.124. The van der Waals surface area contributed by atoms with Crippen molar-refractivity contribution in [1.82, 2.24) is 9.55 Å². The molecule has 4 rings (SSSR count). The number of rotatable bonds is 7. The van der Waals surface area contributed by atoms with Crippen molar-refractivity contribution in [2.24, 2.45) is 0 Å². The summed E-state index contributed by atoms with van der Waals surface area (Å²) in [5.41, 5.74) is 2.39. The average molecular weight is 378 g/mol. The molecule has 2 heterocycles. The molecule has 0 aliphatic carbocycles. The largest absolute Gasteiger partial charge is 0.385 e. The number of imidazole rings is 1. The Morgan fingerprint density at radius 1 is 1.14 bits per heavy atom. The van der Waals surface area contributed by atoms with Crippen LogP contribution in [0, 0.1) is 0 Å². The first kappa shape index (κ1) is 18.2. The minimum atomic E-state index is -0.603. The Balaban J connectivity index is 1.62. The lowest BCUT2D eigenvalue weighted by Crippen LogP contribution is -2.32. The van der Waals surface area contributed by atoms with Crippen LogP contribution in [0.1, 0.15) is 18.9 Å². The van der Waals surface area contributed by atoms with Crippen molar-refractivity contribution in [1.29, 1.82) is 0 Å². The molecule has 7 nitrogen and oxygen atoms in total. The number of nitrogens with one attached hydrogen (secondary N) is 1. The van der Waals surface area contributed by atoms with E-state index in [1.54, 1.807) is 12.0 Å². The second-order valence-electron chi connectivity index (χ2n) is 6.74. The summed E-state index contributed by atoms with van der Waals surface area (Å²) in [4.78, 5) is 32.0. The number of fused-ring (bicyclic) bond motifs is 3. The first-order chi connectivity index (χ1) is 13.7. The molecular formula is C21H22N4O3. The number of ether oxygens (including phenoxy) is 1. The van der Waals surface area contributed by atoms with E-state index in [1.165, 1.54) is 0 Å². The number of hydrogen-bond acceptors (Lipinski definition) is 4. The summed E-state index contributed by atoms with van der Waals surface area (Å²) >= 11 is 0. The zero-order chi connectivity index (χ0) is 19.5. The molecule has 0 bridgehead atoms. The highest BCUT2D eigenvalue weighted by Gasteiger charge is 2.40. The summed E-state index contributed by atoms with van der Waals surface area (Å²) in [6.45, 7) is 1.07. The van der Waals surface area contributed by atoms with Gasteiger partial charge in [-0.2, -0.15) is 0 Å². The Bertz CT molecular complexity index is 999. The highest BCUT2D eigenvalue weighted by Crippen LogP contribution is 2.36. The van der Waals surface area contributed by atoms with Gasteiger partial charge in [0.1, 0.15) is 6.04 Å². The van der Waals surface area contributed by atoms with Crippen LogP contribution in [0.4, 0.5) is 11.6 Å². The quantitative estimate of drug-likeness (QED) is 0.641. The van der Waals surface area contributed by atoms with Crippen LogP contribution in [-0.4, -0.2) is 41.6 Å². The molecular weight excluding hydrogens is 356 g/mol. The third-order valence-corrected chi connectivity index (χ3v) is 4.85. The number of methoxy groups -OCH3 is 1. The Morgan fingerprint density at radius 2 is 1.89 bits per heavy atom. The van der Waals surface area contributed by atoms with Crippen molar-refractivity contribution in [3.8, 4) is 0 Å². The number of para-hydroxylation sites is 3. The minimum Gasteiger partial charge on any atom is -0.385 e. The second kappa shape index (κ2) is 7.82. The van der Waals surface area contributed by atoms with Crippen LogP contribution < -0.4 is 10.2 Å². The summed E-state index contributed by atoms with van der Waals surface area (Å²) in [6.07, 6.45) is 0.760. The summed E-state index contributed by atoms with van der Waals surface area (Å²) in [5.74, 6) is 0.291. The third kappa shape index (κ3) is 3.36. The van der Waals surface area contributed by atoms with Gasteiger partial charge in [-0.3, -0.25) is 19.1 Å². The molecule has 0 saturated heterocycles. The number of amides is 2. The first-order valence-electron chi connectivity index (χ1n) is 9.31. The minimum absolute atomic E-state index is 0.0574. The highest BCUT2D eigenvalue weighted by molar-refractivity contribution is 6.05. The molecule has 1 N–H and O–H groups in total. The molecule has 144 valence electrons. The molecule has 0 radical (unpaired) electrons. The van der Waals surface area contributed by atoms with E-state index < -0.39 is 6.04 Å². The van der Waals surface area contributed by atoms with Gasteiger partial charge in [0.05, 0.1) is 17.5 Å². The number of anilines is 2. The predicted molar refractivity (Wildman–Crippen MR) is 107 cm³/mol. The fraction of sp³-hybridized carbons (Fsp3) is 0.286. The van der Waals surface area contributed by atoms with Crippen molar-refractivity contribution < 1.29 is 14.3 Å². The van der Waals surface area contributed by atoms with Gasteiger partial charge in [0.25, 0.3) is 5.91 Å². The van der Waals surface area contributed by atoms with Crippen molar-refractivity contribution >= 4 is 34.5 Å². The molecule has 0 fully saturated rings. The molecule has 2 aromatic carbocycles. The molecule has 1 aromatic heterocycles. The number of benzene rings is 2. The summed E-state index contributed by atoms with van der Waals surface area (Å²) in [6, 6.07) is 16.3. The van der Waals surface area contributed by atoms with E-state index in [4.69, 9.17) is 4.74 Å². The normalized spacial score (nSPS) is 15.8. The smallest absolute Gasteiger partial charge is 0.253 e. The average Bonchev–Trinajstić information content (AvgIpc) is 3.19. The van der Waals surface area contributed by atoms with E-state index in [9.17, 15) is 9.59 Å². The van der Waals surface area contributed by atoms with E-state index >= 15 is 0 Å². The Labute approximate surface area is 162 Å². The summed E-state index contributed by atoms with van der Waals surface area (Å²) in [5, 5.41) is 2.86. The van der Waals surface area contributed by atoms with Gasteiger partial charge in [0.2, 0.25) is 11.9 Å². The summed E-state index contributed by atoms with van der Waals surface area (Å²) < 4.78 is 7.00. The zero-order valence-electron chi connectivity index (χ0n) is 15.7. The van der Waals surface area contributed by atoms with E-state index in [1.807, 2.05) is 59.2 Å². The second-order valence-corrected chi connectivity index (χ2v) is 6.74. The maximum atomic E-state index is 13.1. The standard InChI is InChI=1S/C21H22N4O3/c1-28-13-7-12-24-20(27)18(14-19(26)22-15-8-3-2-4-9-15)25-17-11-6-5-10-16(17)23-21(24)25/h2-6,8-11,18H,7,12-14H2,1H3,(H,22,26). The van der Waals surface area contributed by atoms with Gasteiger partial charge in [-0.25, -0.2) is 4.98 Å². The van der Waals surface area contributed by atoms with Gasteiger partial charge in [-0.05, 0) is 30.7 Å². The lowest BCUT2D eigenvalue weighted by Gasteiger charge is -2.15. The Morgan fingerprint density at radius 3 is 2.68 bits per heavy atom. The van der Waals surface area contributed by atoms with E-state index in [0.29, 0.717) is 31.2 Å². The van der Waals surface area contributed by atoms with Crippen molar-refractivity contribution in [3.05, 3.63) is 54.6 Å². The number of hydrogen-bond donors (Lipinski definition) is 1. The fourth-order valence-corrected chi connectivity index (χ4v) is 3.58. The van der Waals surface area contributed by atoms with E-state index in [-0.39, 0.29) is 18.2 Å². The van der Waals surface area contributed by atoms with Gasteiger partial charge in [-0.1, -0.05) is 30.3 Å². The van der Waals surface area contributed by atoms with Gasteiger partial charge >= 0.3 is 0 Å². The Hall–Kier alpha value is -3.19. The van der Waals surface area contributed by atoms with Crippen LogP contribution in [0.3, 0.4) is 0 Å². The maximum absolute atomic E-state index is 13.1. The molecule has 1 atom stereocenters. The zero-order valence-corrected chi connectivity index (χ0v) is 15.7. The number of aromatic nitrogens is 2. The molecule has 0 saturated carbocycles. The molecule has 3 aromatic rings. The fourth-order valence-electron chi connectivity index (χ4n) is 3.58. The van der Waals surface area contributed by atoms with Crippen LogP contribution in [0.5, 0.6) is 0 Å². The van der Waals surface area contributed by atoms with Crippen LogP contribution >= 0.6 is 0 Å². The van der Waals surface area contributed by atoms with Crippen molar-refractivity contribution in [3.63, 3.8) is 0 Å². The van der Waals surface area contributed by atoms with Crippen LogP contribution in [0.25, 0.3) is 11.0 Å². The maximum Gasteiger partial charge on any atom is 0.253 e. The van der Waals surface area contributed by atoms with Gasteiger partial charge in [-0.15, -0.1) is 0 Å². The summed E-state index contributed by atoms with van der Waals surface area (Å²) in [7, 11) is 1.64. The number of carbonyl (C=O) groups excluding carboxylic acids is 2. The molecule has 7 heteroatoms. The van der Waals surface area contributed by atoms with Gasteiger partial charge in [0, 0.05) is 25.9 Å². The van der Waals surface area contributed by atoms with Gasteiger partial charge < -0.3 is 10.1 Å². The predicted octanol–water partition coefficient (Wildman–Crippen LogP) is 2.99. The number of nitrogens with zero attached hydrogens (tertiary/aromatic N) is 3. The SMILES string of the molecule is COCCCN1C(=O)C(CC(=O)Nc2ccccc2)n2c1nc1ccccc12. The third-order valence-electron chi connectivity index (χ3n) is 4.85. The molecule has 0 spiro atoms. The lowest BCUT2D eigenvalue weighted by atomic mass is 10.1. The molecule has 2 amide bonds. The van der Waals surface area contributed by atoms with Gasteiger partial charge in [0.15, 0.2) is 0 Å². The van der Waals surface area contributed by atoms with Crippen molar-refractivity contribution in [2.75, 3.05) is 30.5 Å². The van der Waals surface area contributed by atoms with E-state index in [0.717, 1.165) is 11.0 Å². The topological polar surface area (TPSA) is 76.5 Å². The van der Waals surface area contributed by atoms with Crippen LogP contribution in [0.2, 0.25) is 0 Å². The van der Waals surface area contributed by atoms with Crippen molar-refractivity contribution in [2.45, 2.75) is 18.9 Å². The highest BCUT2D eigenvalue weighted by atomic mass is 16.5. The monoisotopic (exact) mass is 378 g/mol. The van der Waals surface area contributed by atoms with E-state index in [2.05, 4.69) is 10.3 Å². The van der Waals surface area contributed by atoms with Crippen LogP contribution in [-0.2, 0) is 14.3 Å². The molecule has 1 unspecified atom stereocenters. The molecule has 1 aliphatic rings.